The molecule has 0 aliphatic rings. The number of carbonyl (C=O) groups excluding carboxylic acids is 3. The first-order valence-corrected chi connectivity index (χ1v) is 12.3. The van der Waals surface area contributed by atoms with Crippen molar-refractivity contribution in [2.24, 2.45) is 5.92 Å². The number of nitrogens with one attached hydrogen (secondary N) is 3. The summed E-state index contributed by atoms with van der Waals surface area (Å²) in [5, 5.41) is 7.19. The maximum absolute atomic E-state index is 13.7. The van der Waals surface area contributed by atoms with E-state index in [0.717, 1.165) is 5.56 Å². The largest absolute Gasteiger partial charge is 0.468 e. The van der Waals surface area contributed by atoms with Crippen molar-refractivity contribution < 1.29 is 23.9 Å². The maximum atomic E-state index is 13.7. The van der Waals surface area contributed by atoms with Crippen LogP contribution in [0.1, 0.15) is 54.8 Å². The fraction of sp³-hybridized carbons (Fsp3) is 0.370. The predicted molar refractivity (Wildman–Crippen MR) is 139 cm³/mol. The summed E-state index contributed by atoms with van der Waals surface area (Å²) in [5.41, 5.74) is 1.98. The van der Waals surface area contributed by atoms with Crippen LogP contribution >= 0.6 is 11.6 Å². The molecule has 1 aromatic heterocycles. The first-order valence-electron chi connectivity index (χ1n) is 11.9. The molecule has 1 heterocycles. The Labute approximate surface area is 215 Å². The monoisotopic (exact) mass is 513 g/mol. The number of halogens is 1. The van der Waals surface area contributed by atoms with Crippen LogP contribution in [0, 0.1) is 5.92 Å². The summed E-state index contributed by atoms with van der Waals surface area (Å²) < 4.78 is 10.3. The van der Waals surface area contributed by atoms with Gasteiger partial charge in [-0.2, -0.15) is 0 Å². The van der Waals surface area contributed by atoms with E-state index in [1.807, 2.05) is 44.2 Å². The van der Waals surface area contributed by atoms with E-state index in [4.69, 9.17) is 21.1 Å². The van der Waals surface area contributed by atoms with Crippen LogP contribution in [-0.2, 0) is 25.6 Å². The lowest BCUT2D eigenvalue weighted by molar-refractivity contribution is -0.144. The van der Waals surface area contributed by atoms with E-state index in [1.54, 1.807) is 25.1 Å². The van der Waals surface area contributed by atoms with Crippen molar-refractivity contribution in [2.45, 2.75) is 45.8 Å². The molecule has 0 bridgehead atoms. The van der Waals surface area contributed by atoms with Crippen LogP contribution in [0.15, 0.2) is 48.5 Å². The number of amides is 1. The number of methoxy groups -OCH3 is 1. The number of hydrogen-bond acceptors (Lipinski definition) is 6. The molecule has 3 N–H and O–H groups in total. The van der Waals surface area contributed by atoms with Crippen LogP contribution in [0.4, 0.5) is 0 Å². The number of esters is 2. The van der Waals surface area contributed by atoms with Crippen LogP contribution in [0.3, 0.4) is 0 Å². The lowest BCUT2D eigenvalue weighted by Gasteiger charge is -2.25. The standard InChI is InChI=1S/C27H32ClN3O5/c1-5-36-27(34)24-22(19-12-11-18(28)14-20(19)30-24)23(31-21(13-16(2)3)26(33)35-4)25(32)29-15-17-9-7-6-8-10-17/h6-12,14,16,21,23,30-31H,5,13,15H2,1-4H3,(H,29,32)/t21-,23?/m0/s1. The summed E-state index contributed by atoms with van der Waals surface area (Å²) in [7, 11) is 1.31. The Morgan fingerprint density at radius 2 is 1.81 bits per heavy atom. The lowest BCUT2D eigenvalue weighted by Crippen LogP contribution is -2.46. The van der Waals surface area contributed by atoms with Crippen LogP contribution in [0.25, 0.3) is 10.9 Å². The smallest absolute Gasteiger partial charge is 0.355 e. The number of rotatable bonds is 11. The van der Waals surface area contributed by atoms with Gasteiger partial charge in [0.25, 0.3) is 0 Å². The molecule has 8 nitrogen and oxygen atoms in total. The molecule has 0 aliphatic heterocycles. The topological polar surface area (TPSA) is 110 Å². The highest BCUT2D eigenvalue weighted by molar-refractivity contribution is 6.31. The first kappa shape index (κ1) is 27.2. The van der Waals surface area contributed by atoms with Gasteiger partial charge in [0.2, 0.25) is 5.91 Å². The molecule has 0 saturated carbocycles. The first-order chi connectivity index (χ1) is 17.2. The zero-order valence-corrected chi connectivity index (χ0v) is 21.6. The number of ether oxygens (including phenoxy) is 2. The van der Waals surface area contributed by atoms with Crippen LogP contribution in [-0.4, -0.2) is 42.6 Å². The molecule has 3 aromatic rings. The molecule has 3 rings (SSSR count). The number of H-pyrrole nitrogens is 1. The van der Waals surface area contributed by atoms with Gasteiger partial charge in [0.05, 0.1) is 13.7 Å². The van der Waals surface area contributed by atoms with Crippen molar-refractivity contribution >= 4 is 40.3 Å². The molecule has 2 aromatic carbocycles. The fourth-order valence-electron chi connectivity index (χ4n) is 4.08. The Hall–Kier alpha value is -3.36. The van der Waals surface area contributed by atoms with Gasteiger partial charge in [0, 0.05) is 28.0 Å². The highest BCUT2D eigenvalue weighted by Gasteiger charge is 2.34. The average molecular weight is 514 g/mol. The van der Waals surface area contributed by atoms with Gasteiger partial charge in [-0.15, -0.1) is 0 Å². The Morgan fingerprint density at radius 3 is 2.44 bits per heavy atom. The molecule has 0 radical (unpaired) electrons. The van der Waals surface area contributed by atoms with E-state index < -0.39 is 29.9 Å². The quantitative estimate of drug-likeness (QED) is 0.325. The third-order valence-corrected chi connectivity index (χ3v) is 5.94. The zero-order valence-electron chi connectivity index (χ0n) is 20.9. The summed E-state index contributed by atoms with van der Waals surface area (Å²) >= 11 is 6.19. The molecule has 2 atom stereocenters. The van der Waals surface area contributed by atoms with Gasteiger partial charge in [-0.1, -0.05) is 61.8 Å². The minimum absolute atomic E-state index is 0.120. The Balaban J connectivity index is 2.10. The van der Waals surface area contributed by atoms with E-state index in [-0.39, 0.29) is 24.8 Å². The lowest BCUT2D eigenvalue weighted by atomic mass is 9.97. The van der Waals surface area contributed by atoms with Gasteiger partial charge in [-0.05, 0) is 37.0 Å². The van der Waals surface area contributed by atoms with E-state index in [0.29, 0.717) is 27.9 Å². The van der Waals surface area contributed by atoms with Crippen LogP contribution in [0.5, 0.6) is 0 Å². The van der Waals surface area contributed by atoms with Crippen molar-refractivity contribution in [3.63, 3.8) is 0 Å². The summed E-state index contributed by atoms with van der Waals surface area (Å²) in [6.07, 6.45) is 0.429. The molecule has 0 aliphatic carbocycles. The van der Waals surface area contributed by atoms with Gasteiger partial charge in [0.1, 0.15) is 17.8 Å². The van der Waals surface area contributed by atoms with Gasteiger partial charge in [-0.25, -0.2) is 4.79 Å². The molecule has 9 heteroatoms. The summed E-state index contributed by atoms with van der Waals surface area (Å²) in [6.45, 7) is 6.08. The fourth-order valence-corrected chi connectivity index (χ4v) is 4.25. The van der Waals surface area contributed by atoms with Gasteiger partial charge >= 0.3 is 11.9 Å². The third kappa shape index (κ3) is 6.65. The number of aromatic amines is 1. The van der Waals surface area contributed by atoms with Crippen molar-refractivity contribution in [3.8, 4) is 0 Å². The number of aromatic nitrogens is 1. The second-order valence-corrected chi connectivity index (χ2v) is 9.27. The van der Waals surface area contributed by atoms with E-state index in [9.17, 15) is 14.4 Å². The summed E-state index contributed by atoms with van der Waals surface area (Å²) in [5.74, 6) is -1.37. The second kappa shape index (κ2) is 12.6. The van der Waals surface area contributed by atoms with Crippen molar-refractivity contribution in [2.75, 3.05) is 13.7 Å². The van der Waals surface area contributed by atoms with Gasteiger partial charge in [-0.3, -0.25) is 14.9 Å². The minimum atomic E-state index is -1.06. The Bertz CT molecular complexity index is 1210. The number of hydrogen-bond donors (Lipinski definition) is 3. The SMILES string of the molecule is CCOC(=O)c1[nH]c2cc(Cl)ccc2c1C(N[C@@H](CC(C)C)C(=O)OC)C(=O)NCc1ccccc1. The zero-order chi connectivity index (χ0) is 26.2. The van der Waals surface area contributed by atoms with E-state index in [2.05, 4.69) is 15.6 Å². The van der Waals surface area contributed by atoms with Gasteiger partial charge in [0.15, 0.2) is 0 Å². The molecule has 0 saturated heterocycles. The second-order valence-electron chi connectivity index (χ2n) is 8.83. The van der Waals surface area contributed by atoms with Gasteiger partial charge < -0.3 is 19.8 Å². The molecule has 0 spiro atoms. The van der Waals surface area contributed by atoms with E-state index >= 15 is 0 Å². The summed E-state index contributed by atoms with van der Waals surface area (Å²) in [6, 6.07) is 12.7. The molecular weight excluding hydrogens is 482 g/mol. The molecule has 1 unspecified atom stereocenters. The highest BCUT2D eigenvalue weighted by atomic mass is 35.5. The minimum Gasteiger partial charge on any atom is -0.468 e. The van der Waals surface area contributed by atoms with E-state index in [1.165, 1.54) is 7.11 Å². The maximum Gasteiger partial charge on any atom is 0.355 e. The van der Waals surface area contributed by atoms with Crippen molar-refractivity contribution in [1.82, 2.24) is 15.6 Å². The Morgan fingerprint density at radius 1 is 1.08 bits per heavy atom. The molecular formula is C27H32ClN3O5. The normalized spacial score (nSPS) is 12.8. The Kier molecular flexibility index (Phi) is 9.50. The van der Waals surface area contributed by atoms with Crippen LogP contribution in [0.2, 0.25) is 5.02 Å². The average Bonchev–Trinajstić information content (AvgIpc) is 3.23. The molecule has 0 fully saturated rings. The van der Waals surface area contributed by atoms with Crippen molar-refractivity contribution in [1.29, 1.82) is 0 Å². The number of benzene rings is 2. The molecule has 192 valence electrons. The van der Waals surface area contributed by atoms with Crippen molar-refractivity contribution in [3.05, 3.63) is 70.4 Å². The molecule has 1 amide bonds. The predicted octanol–water partition coefficient (Wildman–Crippen LogP) is 4.53. The molecule has 36 heavy (non-hydrogen) atoms. The summed E-state index contributed by atoms with van der Waals surface area (Å²) in [4.78, 5) is 42.3. The van der Waals surface area contributed by atoms with Crippen LogP contribution < -0.4 is 10.6 Å². The third-order valence-electron chi connectivity index (χ3n) is 5.70. The highest BCUT2D eigenvalue weighted by Crippen LogP contribution is 2.32. The number of fused-ring (bicyclic) bond motifs is 1. The number of carbonyl (C=O) groups is 3.